The summed E-state index contributed by atoms with van der Waals surface area (Å²) < 4.78 is 1.69. The number of aromatic nitrogens is 3. The van der Waals surface area contributed by atoms with Gasteiger partial charge in [0, 0.05) is 19.3 Å². The first-order valence-electron chi connectivity index (χ1n) is 6.90. The Morgan fingerprint density at radius 3 is 2.85 bits per heavy atom. The van der Waals surface area contributed by atoms with Crippen molar-refractivity contribution in [3.63, 3.8) is 0 Å². The molecule has 0 unspecified atom stereocenters. The molecule has 0 fully saturated rings. The molecule has 1 aliphatic rings. The van der Waals surface area contributed by atoms with E-state index < -0.39 is 0 Å². The Kier molecular flexibility index (Phi) is 5.05. The van der Waals surface area contributed by atoms with Crippen molar-refractivity contribution in [3.8, 4) is 0 Å². The minimum atomic E-state index is 0.118. The fourth-order valence-corrected chi connectivity index (χ4v) is 3.06. The maximum absolute atomic E-state index is 12.3. The second kappa shape index (κ2) is 6.78. The van der Waals surface area contributed by atoms with Crippen molar-refractivity contribution in [2.75, 3.05) is 18.0 Å². The Morgan fingerprint density at radius 2 is 2.30 bits per heavy atom. The number of carbonyl (C=O) groups is 1. The minimum Gasteiger partial charge on any atom is -0.368 e. The lowest BCUT2D eigenvalue weighted by Crippen LogP contribution is -2.32. The third-order valence-electron chi connectivity index (χ3n) is 3.42. The number of rotatable bonds is 5. The highest BCUT2D eigenvalue weighted by molar-refractivity contribution is 7.99. The van der Waals surface area contributed by atoms with Gasteiger partial charge >= 0.3 is 0 Å². The van der Waals surface area contributed by atoms with E-state index in [1.54, 1.807) is 11.6 Å². The summed E-state index contributed by atoms with van der Waals surface area (Å²) in [4.78, 5) is 14.2. The van der Waals surface area contributed by atoms with Crippen LogP contribution in [0.4, 0.5) is 5.95 Å². The molecule has 2 rings (SSSR count). The highest BCUT2D eigenvalue weighted by atomic mass is 32.2. The molecule has 1 amide bonds. The van der Waals surface area contributed by atoms with Gasteiger partial charge in [0.2, 0.25) is 11.9 Å². The van der Waals surface area contributed by atoms with E-state index in [9.17, 15) is 4.79 Å². The van der Waals surface area contributed by atoms with Crippen molar-refractivity contribution in [1.29, 1.82) is 0 Å². The summed E-state index contributed by atoms with van der Waals surface area (Å²) in [6.45, 7) is 2.73. The molecule has 1 aromatic heterocycles. The highest BCUT2D eigenvalue weighted by Crippen LogP contribution is 2.23. The predicted octanol–water partition coefficient (Wildman–Crippen LogP) is 1.80. The average Bonchev–Trinajstić information content (AvgIpc) is 2.78. The number of nitrogen functional groups attached to an aromatic ring is 1. The maximum Gasteiger partial charge on any atom is 0.237 e. The summed E-state index contributed by atoms with van der Waals surface area (Å²) in [5, 5.41) is 8.40. The van der Waals surface area contributed by atoms with Crippen molar-refractivity contribution in [2.45, 2.75) is 37.8 Å². The Labute approximate surface area is 123 Å². The second-order valence-electron chi connectivity index (χ2n) is 4.77. The first-order chi connectivity index (χ1) is 9.63. The molecule has 0 bridgehead atoms. The molecule has 0 spiro atoms. The molecule has 6 nitrogen and oxygen atoms in total. The molecule has 0 atom stereocenters. The SMILES string of the molecule is CCN(C(=O)CSc1nnc(N)n1C)C1=CCCCC1. The van der Waals surface area contributed by atoms with Crippen molar-refractivity contribution >= 4 is 23.6 Å². The van der Waals surface area contributed by atoms with Gasteiger partial charge < -0.3 is 10.6 Å². The quantitative estimate of drug-likeness (QED) is 0.838. The van der Waals surface area contributed by atoms with Crippen LogP contribution >= 0.6 is 11.8 Å². The lowest BCUT2D eigenvalue weighted by molar-refractivity contribution is -0.126. The Balaban J connectivity index is 1.96. The van der Waals surface area contributed by atoms with Crippen LogP contribution in [0.3, 0.4) is 0 Å². The number of hydrogen-bond acceptors (Lipinski definition) is 5. The van der Waals surface area contributed by atoms with E-state index in [1.807, 2.05) is 11.8 Å². The van der Waals surface area contributed by atoms with E-state index in [1.165, 1.54) is 30.3 Å². The largest absolute Gasteiger partial charge is 0.368 e. The molecule has 1 heterocycles. The summed E-state index contributed by atoms with van der Waals surface area (Å²) in [7, 11) is 1.80. The highest BCUT2D eigenvalue weighted by Gasteiger charge is 2.19. The van der Waals surface area contributed by atoms with Crippen LogP contribution in [-0.4, -0.2) is 37.9 Å². The summed E-state index contributed by atoms with van der Waals surface area (Å²) >= 11 is 1.37. The average molecular weight is 295 g/mol. The fourth-order valence-electron chi connectivity index (χ4n) is 2.26. The number of allylic oxidation sites excluding steroid dienone is 2. The number of nitrogens with two attached hydrogens (primary N) is 1. The number of hydrogen-bond donors (Lipinski definition) is 1. The second-order valence-corrected chi connectivity index (χ2v) is 5.71. The molecule has 0 saturated carbocycles. The smallest absolute Gasteiger partial charge is 0.237 e. The molecule has 0 radical (unpaired) electrons. The van der Waals surface area contributed by atoms with Crippen molar-refractivity contribution in [3.05, 3.63) is 11.8 Å². The van der Waals surface area contributed by atoms with Crippen molar-refractivity contribution in [1.82, 2.24) is 19.7 Å². The normalized spacial score (nSPS) is 15.0. The Bertz CT molecular complexity index is 511. The van der Waals surface area contributed by atoms with Crippen molar-refractivity contribution in [2.24, 2.45) is 7.05 Å². The van der Waals surface area contributed by atoms with Gasteiger partial charge in [-0.05, 0) is 32.6 Å². The molecule has 110 valence electrons. The Hall–Kier alpha value is -1.50. The van der Waals surface area contributed by atoms with Gasteiger partial charge in [0.05, 0.1) is 5.75 Å². The van der Waals surface area contributed by atoms with Crippen LogP contribution in [0.5, 0.6) is 0 Å². The van der Waals surface area contributed by atoms with Crippen LogP contribution in [0.2, 0.25) is 0 Å². The van der Waals surface area contributed by atoms with Crippen LogP contribution in [0.15, 0.2) is 16.9 Å². The number of amides is 1. The number of nitrogens with zero attached hydrogens (tertiary/aromatic N) is 4. The third-order valence-corrected chi connectivity index (χ3v) is 4.43. The summed E-state index contributed by atoms with van der Waals surface area (Å²) in [5.41, 5.74) is 6.79. The van der Waals surface area contributed by atoms with Crippen LogP contribution in [-0.2, 0) is 11.8 Å². The van der Waals surface area contributed by atoms with E-state index in [0.29, 0.717) is 23.4 Å². The van der Waals surface area contributed by atoms with Crippen molar-refractivity contribution < 1.29 is 4.79 Å². The van der Waals surface area contributed by atoms with E-state index in [-0.39, 0.29) is 5.91 Å². The van der Waals surface area contributed by atoms with Gasteiger partial charge in [-0.15, -0.1) is 10.2 Å². The summed E-state index contributed by atoms with van der Waals surface area (Å²) in [6, 6.07) is 0. The molecule has 1 aliphatic carbocycles. The fraction of sp³-hybridized carbons (Fsp3) is 0.615. The van der Waals surface area contributed by atoms with Gasteiger partial charge in [-0.2, -0.15) is 0 Å². The van der Waals surface area contributed by atoms with Crippen LogP contribution in [0.1, 0.15) is 32.6 Å². The van der Waals surface area contributed by atoms with E-state index in [2.05, 4.69) is 16.3 Å². The predicted molar refractivity (Wildman–Crippen MR) is 80.1 cm³/mol. The molecule has 7 heteroatoms. The number of thioether (sulfide) groups is 1. The van der Waals surface area contributed by atoms with Gasteiger partial charge in [-0.3, -0.25) is 9.36 Å². The first-order valence-corrected chi connectivity index (χ1v) is 7.89. The molecule has 2 N–H and O–H groups in total. The Morgan fingerprint density at radius 1 is 1.50 bits per heavy atom. The van der Waals surface area contributed by atoms with Gasteiger partial charge in [-0.1, -0.05) is 17.8 Å². The van der Waals surface area contributed by atoms with Crippen LogP contribution in [0, 0.1) is 0 Å². The van der Waals surface area contributed by atoms with Gasteiger partial charge in [0.1, 0.15) is 0 Å². The van der Waals surface area contributed by atoms with E-state index in [4.69, 9.17) is 5.73 Å². The summed E-state index contributed by atoms with van der Waals surface area (Å²) in [5.74, 6) is 0.839. The number of carbonyl (C=O) groups excluding carboxylic acids is 1. The first kappa shape index (κ1) is 14.9. The molecule has 0 aliphatic heterocycles. The van der Waals surface area contributed by atoms with E-state index >= 15 is 0 Å². The van der Waals surface area contributed by atoms with Gasteiger partial charge in [-0.25, -0.2) is 0 Å². The molecule has 20 heavy (non-hydrogen) atoms. The topological polar surface area (TPSA) is 77.0 Å². The number of anilines is 1. The zero-order valence-electron chi connectivity index (χ0n) is 12.0. The molecule has 0 saturated heterocycles. The molecular weight excluding hydrogens is 274 g/mol. The maximum atomic E-state index is 12.3. The van der Waals surface area contributed by atoms with Crippen LogP contribution in [0.25, 0.3) is 0 Å². The van der Waals surface area contributed by atoms with Crippen LogP contribution < -0.4 is 5.73 Å². The minimum absolute atomic E-state index is 0.118. The van der Waals surface area contributed by atoms with E-state index in [0.717, 1.165) is 12.8 Å². The zero-order valence-corrected chi connectivity index (χ0v) is 12.8. The monoisotopic (exact) mass is 295 g/mol. The van der Waals surface area contributed by atoms with Gasteiger partial charge in [0.25, 0.3) is 0 Å². The third kappa shape index (κ3) is 3.33. The molecular formula is C13H21N5OS. The lowest BCUT2D eigenvalue weighted by atomic mass is 10.0. The lowest BCUT2D eigenvalue weighted by Gasteiger charge is -2.26. The standard InChI is InChI=1S/C13H21N5OS/c1-3-18(10-7-5-4-6-8-10)11(19)9-20-13-16-15-12(14)17(13)2/h7H,3-6,8-9H2,1-2H3,(H2,14,15). The van der Waals surface area contributed by atoms with Gasteiger partial charge in [0.15, 0.2) is 5.16 Å². The summed E-state index contributed by atoms with van der Waals surface area (Å²) in [6.07, 6.45) is 6.66. The molecule has 0 aromatic carbocycles. The zero-order chi connectivity index (χ0) is 14.5. The molecule has 1 aromatic rings.